The fraction of sp³-hybridized carbons (Fsp3) is 0.591. The van der Waals surface area contributed by atoms with Crippen molar-refractivity contribution in [3.8, 4) is 0 Å². The largest absolute Gasteiger partial charge is 0.361 e. The summed E-state index contributed by atoms with van der Waals surface area (Å²) in [7, 11) is 0. The predicted molar refractivity (Wildman–Crippen MR) is 113 cm³/mol. The van der Waals surface area contributed by atoms with Gasteiger partial charge in [-0.25, -0.2) is 4.98 Å². The molecule has 1 amide bonds. The molecule has 1 saturated heterocycles. The van der Waals surface area contributed by atoms with Gasteiger partial charge in [0.15, 0.2) is 0 Å². The minimum atomic E-state index is 0.226. The van der Waals surface area contributed by atoms with Crippen molar-refractivity contribution in [1.29, 1.82) is 0 Å². The molecule has 0 N–H and O–H groups in total. The maximum Gasteiger partial charge on any atom is 0.222 e. The number of thiazole rings is 1. The summed E-state index contributed by atoms with van der Waals surface area (Å²) in [6.07, 6.45) is 6.04. The number of nitrogens with zero attached hydrogens (tertiary/aromatic N) is 4. The molecule has 3 aromatic rings. The zero-order valence-electron chi connectivity index (χ0n) is 17.4. The zero-order chi connectivity index (χ0) is 20.1. The minimum Gasteiger partial charge on any atom is -0.361 e. The van der Waals surface area contributed by atoms with Gasteiger partial charge in [0.1, 0.15) is 16.4 Å². The van der Waals surface area contributed by atoms with Crippen molar-refractivity contribution in [1.82, 2.24) is 19.4 Å². The Hall–Kier alpha value is -2.15. The number of hydrogen-bond acceptors (Lipinski definition) is 5. The average molecular weight is 413 g/mol. The molecule has 7 heteroatoms. The average Bonchev–Trinajstić information content (AvgIpc) is 3.40. The number of carbonyl (C=O) groups excluding carboxylic acids is 1. The van der Waals surface area contributed by atoms with E-state index in [1.54, 1.807) is 11.3 Å². The normalized spacial score (nSPS) is 20.0. The molecule has 0 bridgehead atoms. The summed E-state index contributed by atoms with van der Waals surface area (Å²) < 4.78 is 7.60. The van der Waals surface area contributed by atoms with E-state index in [4.69, 9.17) is 9.51 Å². The maximum absolute atomic E-state index is 12.8. The SMILES string of the molecule is Cc1noc(C)c1CCC(=O)N1CCC(c2nc(C3CCC3)n3c(C)csc23)C1. The number of carbonyl (C=O) groups is 1. The van der Waals surface area contributed by atoms with Gasteiger partial charge < -0.3 is 9.42 Å². The number of amides is 1. The third-order valence-electron chi connectivity index (χ3n) is 6.75. The van der Waals surface area contributed by atoms with Crippen LogP contribution in [-0.2, 0) is 11.2 Å². The molecule has 1 atom stereocenters. The molecule has 1 unspecified atom stereocenters. The summed E-state index contributed by atoms with van der Waals surface area (Å²) in [6.45, 7) is 7.64. The topological polar surface area (TPSA) is 63.6 Å². The first-order valence-electron chi connectivity index (χ1n) is 10.7. The van der Waals surface area contributed by atoms with Crippen molar-refractivity contribution in [2.45, 2.75) is 71.1 Å². The van der Waals surface area contributed by atoms with E-state index in [1.807, 2.05) is 18.7 Å². The number of imidazole rings is 1. The Bertz CT molecular complexity index is 1040. The molecule has 3 aromatic heterocycles. The fourth-order valence-corrected chi connectivity index (χ4v) is 5.82. The van der Waals surface area contributed by atoms with Crippen molar-refractivity contribution in [2.24, 2.45) is 0 Å². The van der Waals surface area contributed by atoms with Gasteiger partial charge in [-0.3, -0.25) is 9.20 Å². The molecule has 0 spiro atoms. The lowest BCUT2D eigenvalue weighted by atomic mass is 9.85. The van der Waals surface area contributed by atoms with Crippen LogP contribution in [-0.4, -0.2) is 38.4 Å². The Balaban J connectivity index is 1.30. The highest BCUT2D eigenvalue weighted by Crippen LogP contribution is 2.41. The number of likely N-dealkylation sites (tertiary alicyclic amines) is 1. The molecule has 5 rings (SSSR count). The van der Waals surface area contributed by atoms with Gasteiger partial charge in [0.25, 0.3) is 0 Å². The monoisotopic (exact) mass is 412 g/mol. The van der Waals surface area contributed by atoms with Crippen molar-refractivity contribution < 1.29 is 9.32 Å². The Morgan fingerprint density at radius 2 is 2.07 bits per heavy atom. The summed E-state index contributed by atoms with van der Waals surface area (Å²) in [6, 6.07) is 0. The van der Waals surface area contributed by atoms with Crippen LogP contribution >= 0.6 is 11.3 Å². The van der Waals surface area contributed by atoms with E-state index in [2.05, 4.69) is 21.9 Å². The van der Waals surface area contributed by atoms with Crippen LogP contribution in [0.4, 0.5) is 0 Å². The summed E-state index contributed by atoms with van der Waals surface area (Å²) in [5.74, 6) is 3.26. The lowest BCUT2D eigenvalue weighted by molar-refractivity contribution is -0.130. The van der Waals surface area contributed by atoms with Gasteiger partial charge in [0.05, 0.1) is 11.4 Å². The number of aryl methyl sites for hydroxylation is 3. The van der Waals surface area contributed by atoms with Gasteiger partial charge in [-0.15, -0.1) is 11.3 Å². The summed E-state index contributed by atoms with van der Waals surface area (Å²) >= 11 is 1.80. The first-order valence-corrected chi connectivity index (χ1v) is 11.6. The molecule has 29 heavy (non-hydrogen) atoms. The van der Waals surface area contributed by atoms with Gasteiger partial charge in [-0.05, 0) is 46.5 Å². The molecular weight excluding hydrogens is 384 g/mol. The van der Waals surface area contributed by atoms with Crippen molar-refractivity contribution in [3.63, 3.8) is 0 Å². The van der Waals surface area contributed by atoms with Crippen LogP contribution in [0.1, 0.15) is 78.2 Å². The lowest BCUT2D eigenvalue weighted by Crippen LogP contribution is -2.28. The molecule has 1 saturated carbocycles. The number of fused-ring (bicyclic) bond motifs is 1. The molecule has 1 aliphatic carbocycles. The van der Waals surface area contributed by atoms with E-state index < -0.39 is 0 Å². The lowest BCUT2D eigenvalue weighted by Gasteiger charge is -2.24. The zero-order valence-corrected chi connectivity index (χ0v) is 18.2. The summed E-state index contributed by atoms with van der Waals surface area (Å²) in [4.78, 5) is 21.3. The highest BCUT2D eigenvalue weighted by Gasteiger charge is 2.33. The highest BCUT2D eigenvalue weighted by molar-refractivity contribution is 7.15. The van der Waals surface area contributed by atoms with Crippen LogP contribution < -0.4 is 0 Å². The molecule has 2 aliphatic rings. The Morgan fingerprint density at radius 1 is 1.24 bits per heavy atom. The molecule has 6 nitrogen and oxygen atoms in total. The van der Waals surface area contributed by atoms with Crippen LogP contribution in [0.15, 0.2) is 9.90 Å². The van der Waals surface area contributed by atoms with Crippen molar-refractivity contribution >= 4 is 22.1 Å². The van der Waals surface area contributed by atoms with Gasteiger partial charge in [0, 0.05) is 48.0 Å². The summed E-state index contributed by atoms with van der Waals surface area (Å²) in [5, 5.41) is 6.23. The van der Waals surface area contributed by atoms with E-state index >= 15 is 0 Å². The van der Waals surface area contributed by atoms with Crippen LogP contribution in [0.5, 0.6) is 0 Å². The highest BCUT2D eigenvalue weighted by atomic mass is 32.1. The van der Waals surface area contributed by atoms with Crippen molar-refractivity contribution in [3.05, 3.63) is 39.6 Å². The first-order chi connectivity index (χ1) is 14.0. The van der Waals surface area contributed by atoms with Crippen LogP contribution in [0, 0.1) is 20.8 Å². The minimum absolute atomic E-state index is 0.226. The van der Waals surface area contributed by atoms with Gasteiger partial charge in [-0.1, -0.05) is 11.6 Å². The maximum atomic E-state index is 12.8. The Kier molecular flexibility index (Phi) is 4.73. The second-order valence-electron chi connectivity index (χ2n) is 8.63. The smallest absolute Gasteiger partial charge is 0.222 e. The molecular formula is C22H28N4O2S. The van der Waals surface area contributed by atoms with E-state index in [0.717, 1.165) is 36.5 Å². The van der Waals surface area contributed by atoms with Crippen LogP contribution in [0.25, 0.3) is 4.83 Å². The van der Waals surface area contributed by atoms with Crippen LogP contribution in [0.2, 0.25) is 0 Å². The standard InChI is InChI=1S/C22H28N4O2S/c1-13-12-29-22-20(23-21(26(13)22)16-5-4-6-16)17-9-10-25(11-17)19(27)8-7-18-14(2)24-28-15(18)3/h12,16-17H,4-11H2,1-3H3. The quantitative estimate of drug-likeness (QED) is 0.618. The fourth-order valence-electron chi connectivity index (χ4n) is 4.75. The molecule has 154 valence electrons. The number of hydrogen-bond donors (Lipinski definition) is 0. The van der Waals surface area contributed by atoms with E-state index in [0.29, 0.717) is 24.7 Å². The van der Waals surface area contributed by atoms with Crippen LogP contribution in [0.3, 0.4) is 0 Å². The van der Waals surface area contributed by atoms with E-state index in [-0.39, 0.29) is 5.91 Å². The van der Waals surface area contributed by atoms with Gasteiger partial charge in [-0.2, -0.15) is 0 Å². The van der Waals surface area contributed by atoms with Gasteiger partial charge >= 0.3 is 0 Å². The number of aromatic nitrogens is 3. The predicted octanol–water partition coefficient (Wildman–Crippen LogP) is 4.53. The van der Waals surface area contributed by atoms with E-state index in [9.17, 15) is 4.79 Å². The van der Waals surface area contributed by atoms with E-state index in [1.165, 1.54) is 41.3 Å². The molecule has 0 radical (unpaired) electrons. The summed E-state index contributed by atoms with van der Waals surface area (Å²) in [5.41, 5.74) is 4.47. The molecule has 1 aliphatic heterocycles. The van der Waals surface area contributed by atoms with Crippen molar-refractivity contribution in [2.75, 3.05) is 13.1 Å². The third kappa shape index (κ3) is 3.19. The molecule has 0 aromatic carbocycles. The molecule has 4 heterocycles. The Labute approximate surface area is 174 Å². The second kappa shape index (κ2) is 7.27. The first kappa shape index (κ1) is 18.9. The Morgan fingerprint density at radius 3 is 2.76 bits per heavy atom. The second-order valence-corrected chi connectivity index (χ2v) is 9.49. The van der Waals surface area contributed by atoms with Gasteiger partial charge in [0.2, 0.25) is 5.91 Å². The third-order valence-corrected chi connectivity index (χ3v) is 7.82. The number of rotatable bonds is 5. The molecule has 2 fully saturated rings.